The number of rotatable bonds is 8. The second kappa shape index (κ2) is 6.70. The molecule has 1 unspecified atom stereocenters. The Bertz CT molecular complexity index is 420. The highest BCUT2D eigenvalue weighted by molar-refractivity contribution is 5.12. The fourth-order valence-electron chi connectivity index (χ4n) is 3.08. The van der Waals surface area contributed by atoms with Gasteiger partial charge in [-0.1, -0.05) is 6.92 Å². The molecule has 1 aliphatic carbocycles. The first-order valence-corrected chi connectivity index (χ1v) is 7.73. The maximum absolute atomic E-state index is 5.76. The minimum absolute atomic E-state index is 0.0433. The van der Waals surface area contributed by atoms with E-state index >= 15 is 0 Å². The van der Waals surface area contributed by atoms with Gasteiger partial charge in [0.2, 0.25) is 0 Å². The van der Waals surface area contributed by atoms with E-state index in [2.05, 4.69) is 35.1 Å². The summed E-state index contributed by atoms with van der Waals surface area (Å²) in [5, 5.41) is 4.60. The van der Waals surface area contributed by atoms with Gasteiger partial charge in [0.25, 0.3) is 0 Å². The summed E-state index contributed by atoms with van der Waals surface area (Å²) in [6.07, 6.45) is 6.41. The van der Waals surface area contributed by atoms with E-state index in [1.807, 2.05) is 7.11 Å². The maximum Gasteiger partial charge on any atom is 0.0694 e. The van der Waals surface area contributed by atoms with Crippen LogP contribution in [0.3, 0.4) is 0 Å². The Labute approximate surface area is 121 Å². The molecule has 1 atom stereocenters. The Morgan fingerprint density at radius 1 is 1.50 bits per heavy atom. The summed E-state index contributed by atoms with van der Waals surface area (Å²) in [6.45, 7) is 5.17. The standard InChI is InChI=1S/C15H28N4O/c1-4-12-9-14(19(5-2)18-12)10-13(17-16)11-15(20-3)7-6-8-15/h9,13,17H,4-8,10-11,16H2,1-3H3. The quantitative estimate of drug-likeness (QED) is 0.563. The summed E-state index contributed by atoms with van der Waals surface area (Å²) in [7, 11) is 1.82. The van der Waals surface area contributed by atoms with Gasteiger partial charge in [-0.3, -0.25) is 16.0 Å². The van der Waals surface area contributed by atoms with Crippen LogP contribution in [0.2, 0.25) is 0 Å². The number of nitrogens with zero attached hydrogens (tertiary/aromatic N) is 2. The number of methoxy groups -OCH3 is 1. The molecular formula is C15H28N4O. The summed E-state index contributed by atoms with van der Waals surface area (Å²) in [6, 6.07) is 2.44. The van der Waals surface area contributed by atoms with Crippen molar-refractivity contribution in [2.45, 2.75) is 70.6 Å². The van der Waals surface area contributed by atoms with E-state index < -0.39 is 0 Å². The molecule has 5 nitrogen and oxygen atoms in total. The molecule has 5 heteroatoms. The fraction of sp³-hybridized carbons (Fsp3) is 0.800. The van der Waals surface area contributed by atoms with Gasteiger partial charge in [0.15, 0.2) is 0 Å². The van der Waals surface area contributed by atoms with Gasteiger partial charge < -0.3 is 4.74 Å². The predicted octanol–water partition coefficient (Wildman–Crippen LogP) is 1.80. The van der Waals surface area contributed by atoms with Crippen LogP contribution in [0.1, 0.15) is 50.9 Å². The van der Waals surface area contributed by atoms with Gasteiger partial charge in [-0.2, -0.15) is 5.10 Å². The van der Waals surface area contributed by atoms with Crippen molar-refractivity contribution in [2.75, 3.05) is 7.11 Å². The van der Waals surface area contributed by atoms with Crippen molar-refractivity contribution in [1.29, 1.82) is 0 Å². The minimum atomic E-state index is 0.0433. The van der Waals surface area contributed by atoms with Crippen LogP contribution in [-0.2, 0) is 24.1 Å². The SMILES string of the molecule is CCc1cc(CC(CC2(OC)CCC2)NN)n(CC)n1. The lowest BCUT2D eigenvalue weighted by Gasteiger charge is -2.42. The molecule has 1 heterocycles. The molecule has 3 N–H and O–H groups in total. The summed E-state index contributed by atoms with van der Waals surface area (Å²) < 4.78 is 7.80. The number of hydrazine groups is 1. The van der Waals surface area contributed by atoms with Crippen LogP contribution < -0.4 is 11.3 Å². The van der Waals surface area contributed by atoms with E-state index in [0.717, 1.165) is 44.3 Å². The van der Waals surface area contributed by atoms with Crippen LogP contribution in [0.15, 0.2) is 6.07 Å². The Kier molecular flexibility index (Phi) is 5.18. The van der Waals surface area contributed by atoms with Gasteiger partial charge in [0.05, 0.1) is 11.3 Å². The highest BCUT2D eigenvalue weighted by Crippen LogP contribution is 2.39. The second-order valence-electron chi connectivity index (χ2n) is 5.81. The Morgan fingerprint density at radius 3 is 2.70 bits per heavy atom. The van der Waals surface area contributed by atoms with Crippen LogP contribution in [-0.4, -0.2) is 28.5 Å². The molecule has 1 fully saturated rings. The highest BCUT2D eigenvalue weighted by Gasteiger charge is 2.39. The van der Waals surface area contributed by atoms with E-state index in [4.69, 9.17) is 10.6 Å². The molecule has 1 saturated carbocycles. The number of aryl methyl sites for hydroxylation is 2. The van der Waals surface area contributed by atoms with Crippen LogP contribution in [0, 0.1) is 0 Å². The Hall–Kier alpha value is -0.910. The monoisotopic (exact) mass is 280 g/mol. The zero-order valence-corrected chi connectivity index (χ0v) is 13.0. The molecule has 1 aromatic heterocycles. The number of ether oxygens (including phenoxy) is 1. The largest absolute Gasteiger partial charge is 0.378 e. The maximum atomic E-state index is 5.76. The lowest BCUT2D eigenvalue weighted by atomic mass is 9.75. The first kappa shape index (κ1) is 15.5. The molecule has 20 heavy (non-hydrogen) atoms. The van der Waals surface area contributed by atoms with E-state index in [-0.39, 0.29) is 11.6 Å². The number of nitrogens with two attached hydrogens (primary N) is 1. The molecule has 0 aliphatic heterocycles. The normalized spacial score (nSPS) is 18.8. The zero-order valence-electron chi connectivity index (χ0n) is 13.0. The zero-order chi connectivity index (χ0) is 14.6. The molecule has 0 bridgehead atoms. The molecule has 2 rings (SSSR count). The van der Waals surface area contributed by atoms with Gasteiger partial charge in [0.1, 0.15) is 0 Å². The molecule has 114 valence electrons. The van der Waals surface area contributed by atoms with Gasteiger partial charge in [-0.05, 0) is 45.1 Å². The van der Waals surface area contributed by atoms with E-state index in [0.29, 0.717) is 0 Å². The smallest absolute Gasteiger partial charge is 0.0694 e. The first-order chi connectivity index (χ1) is 9.66. The number of hydrogen-bond donors (Lipinski definition) is 2. The third-order valence-corrected chi connectivity index (χ3v) is 4.58. The van der Waals surface area contributed by atoms with Gasteiger partial charge in [0, 0.05) is 31.8 Å². The summed E-state index contributed by atoms with van der Waals surface area (Å²) in [5.74, 6) is 5.76. The van der Waals surface area contributed by atoms with Gasteiger partial charge in [-0.15, -0.1) is 0 Å². The second-order valence-corrected chi connectivity index (χ2v) is 5.81. The average molecular weight is 280 g/mol. The van der Waals surface area contributed by atoms with Crippen LogP contribution >= 0.6 is 0 Å². The first-order valence-electron chi connectivity index (χ1n) is 7.73. The number of nitrogens with one attached hydrogen (secondary N) is 1. The molecule has 0 radical (unpaired) electrons. The van der Waals surface area contributed by atoms with Crippen LogP contribution in [0.4, 0.5) is 0 Å². The molecule has 1 aromatic rings. The average Bonchev–Trinajstić information content (AvgIpc) is 2.83. The van der Waals surface area contributed by atoms with Crippen molar-refractivity contribution in [3.05, 3.63) is 17.5 Å². The molecule has 0 saturated heterocycles. The number of aromatic nitrogens is 2. The topological polar surface area (TPSA) is 65.1 Å². The van der Waals surface area contributed by atoms with Crippen LogP contribution in [0.5, 0.6) is 0 Å². The number of hydrogen-bond acceptors (Lipinski definition) is 4. The van der Waals surface area contributed by atoms with E-state index in [9.17, 15) is 0 Å². The van der Waals surface area contributed by atoms with Crippen LogP contribution in [0.25, 0.3) is 0 Å². The van der Waals surface area contributed by atoms with Crippen molar-refractivity contribution in [3.8, 4) is 0 Å². The summed E-state index contributed by atoms with van der Waals surface area (Å²) >= 11 is 0. The molecular weight excluding hydrogens is 252 g/mol. The Morgan fingerprint density at radius 2 is 2.25 bits per heavy atom. The van der Waals surface area contributed by atoms with Crippen molar-refractivity contribution < 1.29 is 4.74 Å². The molecule has 0 amide bonds. The molecule has 1 aliphatic rings. The minimum Gasteiger partial charge on any atom is -0.378 e. The fourth-order valence-corrected chi connectivity index (χ4v) is 3.08. The van der Waals surface area contributed by atoms with E-state index in [1.54, 1.807) is 0 Å². The van der Waals surface area contributed by atoms with Crippen molar-refractivity contribution in [2.24, 2.45) is 5.84 Å². The van der Waals surface area contributed by atoms with Gasteiger partial charge in [-0.25, -0.2) is 0 Å². The summed E-state index contributed by atoms with van der Waals surface area (Å²) in [4.78, 5) is 0. The Balaban J connectivity index is 2.04. The third-order valence-electron chi connectivity index (χ3n) is 4.58. The molecule has 0 aromatic carbocycles. The predicted molar refractivity (Wildman–Crippen MR) is 80.3 cm³/mol. The summed E-state index contributed by atoms with van der Waals surface area (Å²) in [5.41, 5.74) is 5.43. The third kappa shape index (κ3) is 3.22. The lowest BCUT2D eigenvalue weighted by Crippen LogP contribution is -2.48. The lowest BCUT2D eigenvalue weighted by molar-refractivity contribution is -0.0835. The molecule has 0 spiro atoms. The van der Waals surface area contributed by atoms with Crippen molar-refractivity contribution in [1.82, 2.24) is 15.2 Å². The van der Waals surface area contributed by atoms with E-state index in [1.165, 1.54) is 12.1 Å². The van der Waals surface area contributed by atoms with Gasteiger partial charge >= 0.3 is 0 Å². The van der Waals surface area contributed by atoms with Crippen molar-refractivity contribution >= 4 is 0 Å². The highest BCUT2D eigenvalue weighted by atomic mass is 16.5. The van der Waals surface area contributed by atoms with Crippen molar-refractivity contribution in [3.63, 3.8) is 0 Å².